The molecule has 2 aromatic carbocycles. The van der Waals surface area contributed by atoms with Crippen molar-refractivity contribution in [3.63, 3.8) is 0 Å². The van der Waals surface area contributed by atoms with E-state index in [0.717, 1.165) is 17.1 Å². The molecule has 0 heterocycles. The predicted molar refractivity (Wildman–Crippen MR) is 64.7 cm³/mol. The van der Waals surface area contributed by atoms with Crippen molar-refractivity contribution in [2.24, 2.45) is 10.9 Å². The van der Waals surface area contributed by atoms with Gasteiger partial charge in [0.2, 0.25) is 0 Å². The van der Waals surface area contributed by atoms with Crippen molar-refractivity contribution in [3.8, 4) is 11.5 Å². The quantitative estimate of drug-likeness (QED) is 0.483. The van der Waals surface area contributed by atoms with E-state index in [1.165, 1.54) is 0 Å². The first-order valence-corrected chi connectivity index (χ1v) is 4.95. The van der Waals surface area contributed by atoms with Gasteiger partial charge in [0.25, 0.3) is 0 Å². The lowest BCUT2D eigenvalue weighted by atomic mass is 10.2. The van der Waals surface area contributed by atoms with Gasteiger partial charge in [-0.25, -0.2) is 0 Å². The molecule has 0 bridgehead atoms. The first kappa shape index (κ1) is 10.2. The normalized spacial score (nSPS) is 10.5. The van der Waals surface area contributed by atoms with Crippen LogP contribution in [-0.4, -0.2) is 6.21 Å². The van der Waals surface area contributed by atoms with Crippen LogP contribution in [0.4, 0.5) is 0 Å². The van der Waals surface area contributed by atoms with Crippen molar-refractivity contribution in [1.29, 1.82) is 0 Å². The van der Waals surface area contributed by atoms with Crippen LogP contribution in [0.5, 0.6) is 11.5 Å². The lowest BCUT2D eigenvalue weighted by molar-refractivity contribution is 0.482. The van der Waals surface area contributed by atoms with Crippen LogP contribution in [0.2, 0.25) is 0 Å². The Morgan fingerprint density at radius 2 is 1.62 bits per heavy atom. The predicted octanol–water partition coefficient (Wildman–Crippen LogP) is 2.77. The van der Waals surface area contributed by atoms with Crippen molar-refractivity contribution >= 4 is 6.21 Å². The molecular formula is C13H12N2O. The lowest BCUT2D eigenvalue weighted by Crippen LogP contribution is -1.92. The fourth-order valence-corrected chi connectivity index (χ4v) is 1.38. The van der Waals surface area contributed by atoms with Gasteiger partial charge in [-0.2, -0.15) is 5.10 Å². The zero-order valence-corrected chi connectivity index (χ0v) is 8.71. The molecule has 0 fully saturated rings. The number of hydrogen-bond donors (Lipinski definition) is 1. The van der Waals surface area contributed by atoms with Gasteiger partial charge in [0.1, 0.15) is 11.5 Å². The van der Waals surface area contributed by atoms with Crippen LogP contribution in [0.1, 0.15) is 5.56 Å². The maximum Gasteiger partial charge on any atom is 0.136 e. The Morgan fingerprint density at radius 3 is 2.38 bits per heavy atom. The summed E-state index contributed by atoms with van der Waals surface area (Å²) < 4.78 is 5.72. The van der Waals surface area contributed by atoms with E-state index < -0.39 is 0 Å². The zero-order chi connectivity index (χ0) is 11.2. The van der Waals surface area contributed by atoms with Crippen LogP contribution < -0.4 is 10.6 Å². The maximum atomic E-state index is 5.72. The Balaban J connectivity index is 2.28. The highest BCUT2D eigenvalue weighted by atomic mass is 16.5. The highest BCUT2D eigenvalue weighted by Crippen LogP contribution is 2.23. The van der Waals surface area contributed by atoms with E-state index in [0.29, 0.717) is 0 Å². The minimum atomic E-state index is 0.739. The van der Waals surface area contributed by atoms with Gasteiger partial charge in [0.05, 0.1) is 6.21 Å². The third-order valence-electron chi connectivity index (χ3n) is 2.10. The summed E-state index contributed by atoms with van der Waals surface area (Å²) in [5, 5.41) is 3.50. The molecule has 16 heavy (non-hydrogen) atoms. The van der Waals surface area contributed by atoms with E-state index >= 15 is 0 Å². The van der Waals surface area contributed by atoms with Gasteiger partial charge in [0, 0.05) is 5.56 Å². The Kier molecular flexibility index (Phi) is 3.18. The van der Waals surface area contributed by atoms with E-state index in [9.17, 15) is 0 Å². The topological polar surface area (TPSA) is 47.6 Å². The second-order valence-corrected chi connectivity index (χ2v) is 3.23. The smallest absolute Gasteiger partial charge is 0.136 e. The molecule has 3 nitrogen and oxygen atoms in total. The Hall–Kier alpha value is -2.29. The maximum absolute atomic E-state index is 5.72. The Morgan fingerprint density at radius 1 is 0.938 bits per heavy atom. The van der Waals surface area contributed by atoms with E-state index in [1.54, 1.807) is 6.21 Å². The molecule has 0 aliphatic carbocycles. The van der Waals surface area contributed by atoms with Gasteiger partial charge in [-0.1, -0.05) is 30.3 Å². The summed E-state index contributed by atoms with van der Waals surface area (Å²) in [6, 6.07) is 17.2. The molecule has 0 saturated carbocycles. The molecule has 80 valence electrons. The monoisotopic (exact) mass is 212 g/mol. The van der Waals surface area contributed by atoms with Crippen LogP contribution in [0.25, 0.3) is 0 Å². The number of nitrogens with zero attached hydrogens (tertiary/aromatic N) is 1. The first-order valence-electron chi connectivity index (χ1n) is 4.95. The Labute approximate surface area is 94.2 Å². The van der Waals surface area contributed by atoms with E-state index in [1.807, 2.05) is 54.6 Å². The lowest BCUT2D eigenvalue weighted by Gasteiger charge is -2.07. The highest BCUT2D eigenvalue weighted by molar-refractivity contribution is 5.83. The fraction of sp³-hybridized carbons (Fsp3) is 0. The molecule has 0 amide bonds. The van der Waals surface area contributed by atoms with Crippen LogP contribution >= 0.6 is 0 Å². The molecule has 3 heteroatoms. The molecular weight excluding hydrogens is 200 g/mol. The van der Waals surface area contributed by atoms with E-state index in [4.69, 9.17) is 10.6 Å². The molecule has 0 aliphatic heterocycles. The summed E-state index contributed by atoms with van der Waals surface area (Å²) in [4.78, 5) is 0. The summed E-state index contributed by atoms with van der Waals surface area (Å²) in [6.45, 7) is 0. The summed E-state index contributed by atoms with van der Waals surface area (Å²) >= 11 is 0. The fourth-order valence-electron chi connectivity index (χ4n) is 1.38. The SMILES string of the molecule is NN=Cc1ccccc1Oc1ccccc1. The number of hydrazone groups is 1. The summed E-state index contributed by atoms with van der Waals surface area (Å²) in [7, 11) is 0. The molecule has 0 spiro atoms. The van der Waals surface area contributed by atoms with Crippen LogP contribution in [-0.2, 0) is 0 Å². The zero-order valence-electron chi connectivity index (χ0n) is 8.71. The third-order valence-corrected chi connectivity index (χ3v) is 2.10. The molecule has 0 atom stereocenters. The van der Waals surface area contributed by atoms with Gasteiger partial charge >= 0.3 is 0 Å². The van der Waals surface area contributed by atoms with Crippen molar-refractivity contribution in [2.45, 2.75) is 0 Å². The van der Waals surface area contributed by atoms with Gasteiger partial charge in [-0.3, -0.25) is 0 Å². The molecule has 0 aromatic heterocycles. The molecule has 2 N–H and O–H groups in total. The summed E-state index contributed by atoms with van der Waals surface area (Å²) in [5.74, 6) is 6.67. The number of rotatable bonds is 3. The van der Waals surface area contributed by atoms with Gasteiger partial charge in [-0.05, 0) is 24.3 Å². The summed E-state index contributed by atoms with van der Waals surface area (Å²) in [5.41, 5.74) is 0.855. The average Bonchev–Trinajstić information content (AvgIpc) is 2.33. The highest BCUT2D eigenvalue weighted by Gasteiger charge is 2.01. The van der Waals surface area contributed by atoms with Crippen molar-refractivity contribution in [1.82, 2.24) is 0 Å². The minimum Gasteiger partial charge on any atom is -0.457 e. The van der Waals surface area contributed by atoms with Crippen LogP contribution in [0.15, 0.2) is 59.7 Å². The van der Waals surface area contributed by atoms with E-state index in [2.05, 4.69) is 5.10 Å². The third kappa shape index (κ3) is 2.39. The molecule has 0 aliphatic rings. The number of hydrogen-bond acceptors (Lipinski definition) is 3. The van der Waals surface area contributed by atoms with Gasteiger partial charge in [-0.15, -0.1) is 0 Å². The van der Waals surface area contributed by atoms with Crippen molar-refractivity contribution < 1.29 is 4.74 Å². The van der Waals surface area contributed by atoms with Gasteiger partial charge in [0.15, 0.2) is 0 Å². The molecule has 2 rings (SSSR count). The second-order valence-electron chi connectivity index (χ2n) is 3.23. The van der Waals surface area contributed by atoms with E-state index in [-0.39, 0.29) is 0 Å². The minimum absolute atomic E-state index is 0.739. The molecule has 0 saturated heterocycles. The van der Waals surface area contributed by atoms with Crippen molar-refractivity contribution in [3.05, 3.63) is 60.2 Å². The standard InChI is InChI=1S/C13H12N2O/c14-15-10-11-6-4-5-9-13(11)16-12-7-2-1-3-8-12/h1-10H,14H2. The van der Waals surface area contributed by atoms with Gasteiger partial charge < -0.3 is 10.6 Å². The number of nitrogens with two attached hydrogens (primary N) is 1. The first-order chi connectivity index (χ1) is 7.90. The summed E-state index contributed by atoms with van der Waals surface area (Å²) in [6.07, 6.45) is 1.57. The van der Waals surface area contributed by atoms with Crippen molar-refractivity contribution in [2.75, 3.05) is 0 Å². The number of benzene rings is 2. The molecule has 0 unspecified atom stereocenters. The van der Waals surface area contributed by atoms with Crippen LogP contribution in [0, 0.1) is 0 Å². The number of ether oxygens (including phenoxy) is 1. The largest absolute Gasteiger partial charge is 0.457 e. The molecule has 2 aromatic rings. The molecule has 0 radical (unpaired) electrons. The van der Waals surface area contributed by atoms with Crippen LogP contribution in [0.3, 0.4) is 0 Å². The second kappa shape index (κ2) is 4.98. The Bertz CT molecular complexity index is 480. The number of para-hydroxylation sites is 2. The average molecular weight is 212 g/mol.